The molecule has 0 amide bonds. The lowest BCUT2D eigenvalue weighted by atomic mass is 10.2. The predicted molar refractivity (Wildman–Crippen MR) is 78.6 cm³/mol. The Morgan fingerprint density at radius 3 is 2.81 bits per heavy atom. The molecule has 2 rings (SSSR count). The van der Waals surface area contributed by atoms with Gasteiger partial charge in [-0.1, -0.05) is 11.8 Å². The molecule has 21 heavy (non-hydrogen) atoms. The van der Waals surface area contributed by atoms with E-state index in [1.165, 1.54) is 30.2 Å². The van der Waals surface area contributed by atoms with Crippen LogP contribution in [0.4, 0.5) is 5.69 Å². The maximum absolute atomic E-state index is 10.9. The molecule has 2 aromatic heterocycles. The Labute approximate surface area is 131 Å². The largest absolute Gasteiger partial charge is 0.477 e. The van der Waals surface area contributed by atoms with Gasteiger partial charge in [-0.2, -0.15) is 0 Å². The van der Waals surface area contributed by atoms with Gasteiger partial charge in [0, 0.05) is 16.7 Å². The molecule has 0 aliphatic rings. The van der Waals surface area contributed by atoms with Crippen LogP contribution in [-0.2, 0) is 0 Å². The van der Waals surface area contributed by atoms with E-state index in [1.54, 1.807) is 13.0 Å². The number of halogens is 1. The summed E-state index contributed by atoms with van der Waals surface area (Å²) in [6.45, 7) is 1.61. The lowest BCUT2D eigenvalue weighted by molar-refractivity contribution is -0.385. The quantitative estimate of drug-likeness (QED) is 0.650. The van der Waals surface area contributed by atoms with Gasteiger partial charge in [0.15, 0.2) is 0 Å². The minimum absolute atomic E-state index is 0.0743. The van der Waals surface area contributed by atoms with Crippen LogP contribution in [0.25, 0.3) is 0 Å². The predicted octanol–water partition coefficient (Wildman–Crippen LogP) is 3.31. The van der Waals surface area contributed by atoms with E-state index in [1.807, 2.05) is 0 Å². The highest BCUT2D eigenvalue weighted by atomic mass is 79.9. The number of carbonyl (C=O) groups is 1. The standard InChI is InChI=1S/C12H8BrN3O4S/c1-6-9(16(19)20)5-15-11(10(6)13)21-7-2-3-14-8(4-7)12(17)18/h2-5H,1H3,(H,17,18). The van der Waals surface area contributed by atoms with Crippen LogP contribution in [-0.4, -0.2) is 26.0 Å². The maximum Gasteiger partial charge on any atom is 0.354 e. The number of rotatable bonds is 4. The molecule has 2 heterocycles. The average Bonchev–Trinajstić information content (AvgIpc) is 2.44. The van der Waals surface area contributed by atoms with Gasteiger partial charge in [0.25, 0.3) is 5.69 Å². The van der Waals surface area contributed by atoms with E-state index >= 15 is 0 Å². The van der Waals surface area contributed by atoms with Gasteiger partial charge in [-0.25, -0.2) is 14.8 Å². The van der Waals surface area contributed by atoms with Crippen LogP contribution in [0.2, 0.25) is 0 Å². The molecule has 9 heteroatoms. The SMILES string of the molecule is Cc1c([N+](=O)[O-])cnc(Sc2ccnc(C(=O)O)c2)c1Br. The lowest BCUT2D eigenvalue weighted by Gasteiger charge is -2.06. The molecule has 1 N–H and O–H groups in total. The van der Waals surface area contributed by atoms with Gasteiger partial charge in [0.1, 0.15) is 16.9 Å². The van der Waals surface area contributed by atoms with Crippen molar-refractivity contribution >= 4 is 39.3 Å². The number of nitro groups is 1. The van der Waals surface area contributed by atoms with Crippen LogP contribution in [0.15, 0.2) is 38.9 Å². The van der Waals surface area contributed by atoms with Crippen LogP contribution in [0.3, 0.4) is 0 Å². The van der Waals surface area contributed by atoms with Crippen LogP contribution >= 0.6 is 27.7 Å². The van der Waals surface area contributed by atoms with Gasteiger partial charge in [-0.15, -0.1) is 0 Å². The van der Waals surface area contributed by atoms with Crippen molar-refractivity contribution in [2.24, 2.45) is 0 Å². The summed E-state index contributed by atoms with van der Waals surface area (Å²) in [6.07, 6.45) is 2.57. The summed E-state index contributed by atoms with van der Waals surface area (Å²) in [5.41, 5.74) is 0.312. The third-order valence-electron chi connectivity index (χ3n) is 2.57. The zero-order valence-electron chi connectivity index (χ0n) is 10.6. The topological polar surface area (TPSA) is 106 Å². The Kier molecular flexibility index (Phi) is 4.53. The fraction of sp³-hybridized carbons (Fsp3) is 0.0833. The summed E-state index contributed by atoms with van der Waals surface area (Å²) < 4.78 is 0.510. The summed E-state index contributed by atoms with van der Waals surface area (Å²) in [5, 5.41) is 20.2. The van der Waals surface area contributed by atoms with Crippen molar-refractivity contribution in [3.63, 3.8) is 0 Å². The molecule has 0 aliphatic carbocycles. The van der Waals surface area contributed by atoms with Gasteiger partial charge in [-0.3, -0.25) is 10.1 Å². The molecule has 0 spiro atoms. The Morgan fingerprint density at radius 1 is 1.48 bits per heavy atom. The van der Waals surface area contributed by atoms with Gasteiger partial charge in [0.2, 0.25) is 0 Å². The van der Waals surface area contributed by atoms with Gasteiger partial charge in [0.05, 0.1) is 9.40 Å². The second-order valence-corrected chi connectivity index (χ2v) is 5.78. The van der Waals surface area contributed by atoms with Crippen molar-refractivity contribution in [2.45, 2.75) is 16.8 Å². The van der Waals surface area contributed by atoms with E-state index < -0.39 is 10.9 Å². The van der Waals surface area contributed by atoms with Crippen molar-refractivity contribution in [3.8, 4) is 0 Å². The molecular weight excluding hydrogens is 362 g/mol. The highest BCUT2D eigenvalue weighted by Gasteiger charge is 2.18. The van der Waals surface area contributed by atoms with Crippen molar-refractivity contribution in [1.29, 1.82) is 0 Å². The molecule has 2 aromatic rings. The van der Waals surface area contributed by atoms with Crippen molar-refractivity contribution in [2.75, 3.05) is 0 Å². The second-order valence-electron chi connectivity index (χ2n) is 3.93. The van der Waals surface area contributed by atoms with Crippen LogP contribution in [0.5, 0.6) is 0 Å². The Bertz CT molecular complexity index is 738. The molecule has 0 saturated heterocycles. The van der Waals surface area contributed by atoms with Gasteiger partial charge < -0.3 is 5.11 Å². The number of aromatic nitrogens is 2. The zero-order chi connectivity index (χ0) is 15.6. The molecule has 0 unspecified atom stereocenters. The first kappa shape index (κ1) is 15.4. The van der Waals surface area contributed by atoms with Crippen molar-refractivity contribution in [3.05, 3.63) is 50.4 Å². The Morgan fingerprint density at radius 2 is 2.19 bits per heavy atom. The maximum atomic E-state index is 10.9. The zero-order valence-corrected chi connectivity index (χ0v) is 13.0. The highest BCUT2D eigenvalue weighted by molar-refractivity contribution is 9.10. The summed E-state index contributed by atoms with van der Waals surface area (Å²) in [7, 11) is 0. The van der Waals surface area contributed by atoms with Crippen molar-refractivity contribution < 1.29 is 14.8 Å². The van der Waals surface area contributed by atoms with E-state index in [0.717, 1.165) is 0 Å². The molecule has 0 radical (unpaired) electrons. The first-order valence-electron chi connectivity index (χ1n) is 5.57. The molecule has 0 aromatic carbocycles. The third-order valence-corrected chi connectivity index (χ3v) is 4.79. The molecule has 0 bridgehead atoms. The molecule has 0 atom stereocenters. The lowest BCUT2D eigenvalue weighted by Crippen LogP contribution is -1.99. The van der Waals surface area contributed by atoms with Crippen molar-refractivity contribution in [1.82, 2.24) is 9.97 Å². The summed E-state index contributed by atoms with van der Waals surface area (Å²) in [6, 6.07) is 3.06. The minimum Gasteiger partial charge on any atom is -0.477 e. The monoisotopic (exact) mass is 369 g/mol. The number of carboxylic acids is 1. The highest BCUT2D eigenvalue weighted by Crippen LogP contribution is 2.36. The van der Waals surface area contributed by atoms with Gasteiger partial charge >= 0.3 is 5.97 Å². The van der Waals surface area contributed by atoms with Crippen LogP contribution in [0.1, 0.15) is 16.1 Å². The molecule has 108 valence electrons. The first-order valence-corrected chi connectivity index (χ1v) is 7.17. The molecule has 0 saturated carbocycles. The molecular formula is C12H8BrN3O4S. The second kappa shape index (κ2) is 6.19. The number of hydrogen-bond acceptors (Lipinski definition) is 6. The van der Waals surface area contributed by atoms with Crippen LogP contribution < -0.4 is 0 Å². The van der Waals surface area contributed by atoms with E-state index in [2.05, 4.69) is 25.9 Å². The molecule has 0 fully saturated rings. The van der Waals surface area contributed by atoms with Crippen LogP contribution in [0, 0.1) is 17.0 Å². The number of hydrogen-bond donors (Lipinski definition) is 1. The Hall–Kier alpha value is -2.00. The number of nitrogens with zero attached hydrogens (tertiary/aromatic N) is 3. The summed E-state index contributed by atoms with van der Waals surface area (Å²) >= 11 is 4.48. The number of pyridine rings is 2. The van der Waals surface area contributed by atoms with E-state index in [9.17, 15) is 14.9 Å². The molecule has 7 nitrogen and oxygen atoms in total. The number of aromatic carboxylic acids is 1. The van der Waals surface area contributed by atoms with Gasteiger partial charge in [-0.05, 0) is 35.0 Å². The fourth-order valence-corrected chi connectivity index (χ4v) is 2.92. The normalized spacial score (nSPS) is 10.4. The Balaban J connectivity index is 2.36. The summed E-state index contributed by atoms with van der Waals surface area (Å²) in [4.78, 5) is 29.6. The fourth-order valence-electron chi connectivity index (χ4n) is 1.50. The third kappa shape index (κ3) is 3.37. The smallest absolute Gasteiger partial charge is 0.354 e. The van der Waals surface area contributed by atoms with E-state index in [-0.39, 0.29) is 11.4 Å². The number of carboxylic acid groups (broad SMARTS) is 1. The van der Waals surface area contributed by atoms with E-state index in [0.29, 0.717) is 20.0 Å². The molecule has 0 aliphatic heterocycles. The average molecular weight is 370 g/mol. The minimum atomic E-state index is -1.12. The first-order chi connectivity index (χ1) is 9.90. The summed E-state index contributed by atoms with van der Waals surface area (Å²) in [5.74, 6) is -1.12. The van der Waals surface area contributed by atoms with E-state index in [4.69, 9.17) is 5.11 Å².